The van der Waals surface area contributed by atoms with E-state index in [-0.39, 0.29) is 0 Å². The van der Waals surface area contributed by atoms with Crippen LogP contribution in [0.3, 0.4) is 0 Å². The zero-order chi connectivity index (χ0) is 11.6. The summed E-state index contributed by atoms with van der Waals surface area (Å²) in [6, 6.07) is 8.33. The molecule has 0 amide bonds. The van der Waals surface area contributed by atoms with Crippen molar-refractivity contribution in [3.63, 3.8) is 0 Å². The monoisotopic (exact) mass is 218 g/mol. The maximum atomic E-state index is 4.94. The molecule has 2 heteroatoms. The second-order valence-corrected chi connectivity index (χ2v) is 3.38. The Morgan fingerprint density at radius 2 is 1.19 bits per heavy atom. The molecule has 0 atom stereocenters. The first-order chi connectivity index (χ1) is 7.86. The average Bonchev–Trinajstić information content (AvgIpc) is 2.32. The molecule has 0 aliphatic carbocycles. The van der Waals surface area contributed by atoms with Crippen molar-refractivity contribution in [2.45, 2.75) is 0 Å². The summed E-state index contributed by atoms with van der Waals surface area (Å²) in [4.78, 5) is 0. The van der Waals surface area contributed by atoms with Gasteiger partial charge in [0.25, 0.3) is 0 Å². The van der Waals surface area contributed by atoms with E-state index in [2.05, 4.69) is 24.3 Å². The predicted octanol–water partition coefficient (Wildman–Crippen LogP) is 3.01. The van der Waals surface area contributed by atoms with Crippen molar-refractivity contribution in [3.8, 4) is 0 Å². The van der Waals surface area contributed by atoms with Crippen LogP contribution in [0.25, 0.3) is 12.2 Å². The Hall–Kier alpha value is -1.38. The van der Waals surface area contributed by atoms with Crippen LogP contribution in [-0.2, 0) is 9.47 Å². The van der Waals surface area contributed by atoms with Gasteiger partial charge in [-0.2, -0.15) is 0 Å². The third-order valence-corrected chi connectivity index (χ3v) is 2.08. The minimum atomic E-state index is 0.648. The van der Waals surface area contributed by atoms with E-state index < -0.39 is 0 Å². The van der Waals surface area contributed by atoms with Gasteiger partial charge in [0, 0.05) is 14.2 Å². The van der Waals surface area contributed by atoms with Crippen LogP contribution < -0.4 is 0 Å². The smallest absolute Gasteiger partial charge is 0.0646 e. The van der Waals surface area contributed by atoms with Gasteiger partial charge in [0.1, 0.15) is 0 Å². The highest BCUT2D eigenvalue weighted by Crippen LogP contribution is 2.07. The Balaban J connectivity index is 2.54. The number of benzene rings is 1. The quantitative estimate of drug-likeness (QED) is 0.730. The van der Waals surface area contributed by atoms with Crippen molar-refractivity contribution in [1.82, 2.24) is 0 Å². The molecule has 0 radical (unpaired) electrons. The topological polar surface area (TPSA) is 18.5 Å². The molecule has 1 rings (SSSR count). The molecule has 0 aliphatic rings. The first-order valence-electron chi connectivity index (χ1n) is 5.28. The molecule has 16 heavy (non-hydrogen) atoms. The van der Waals surface area contributed by atoms with Crippen molar-refractivity contribution >= 4 is 12.2 Å². The maximum Gasteiger partial charge on any atom is 0.0646 e. The van der Waals surface area contributed by atoms with Gasteiger partial charge in [-0.1, -0.05) is 48.6 Å². The summed E-state index contributed by atoms with van der Waals surface area (Å²) in [7, 11) is 3.38. The van der Waals surface area contributed by atoms with Crippen LogP contribution in [0, 0.1) is 0 Å². The zero-order valence-electron chi connectivity index (χ0n) is 9.85. The zero-order valence-corrected chi connectivity index (χ0v) is 9.85. The Morgan fingerprint density at radius 3 is 1.50 bits per heavy atom. The van der Waals surface area contributed by atoms with Crippen LogP contribution in [0.15, 0.2) is 36.4 Å². The highest BCUT2D eigenvalue weighted by atomic mass is 16.5. The molecule has 2 nitrogen and oxygen atoms in total. The number of rotatable bonds is 6. The fourth-order valence-electron chi connectivity index (χ4n) is 1.28. The Bertz CT molecular complexity index is 301. The first kappa shape index (κ1) is 12.7. The van der Waals surface area contributed by atoms with E-state index in [0.717, 1.165) is 0 Å². The van der Waals surface area contributed by atoms with Crippen molar-refractivity contribution < 1.29 is 9.47 Å². The summed E-state index contributed by atoms with van der Waals surface area (Å²) in [6.07, 6.45) is 8.09. The normalized spacial score (nSPS) is 11.6. The largest absolute Gasteiger partial charge is 0.381 e. The highest BCUT2D eigenvalue weighted by Gasteiger charge is 1.87. The number of methoxy groups -OCH3 is 2. The summed E-state index contributed by atoms with van der Waals surface area (Å²) in [5.41, 5.74) is 2.36. The lowest BCUT2D eigenvalue weighted by Gasteiger charge is -1.96. The van der Waals surface area contributed by atoms with Crippen molar-refractivity contribution in [1.29, 1.82) is 0 Å². The molecule has 1 aromatic carbocycles. The number of ether oxygens (including phenoxy) is 2. The highest BCUT2D eigenvalue weighted by molar-refractivity contribution is 5.55. The summed E-state index contributed by atoms with van der Waals surface area (Å²) in [6.45, 7) is 1.30. The van der Waals surface area contributed by atoms with E-state index in [1.807, 2.05) is 24.3 Å². The molecular formula is C14H18O2. The molecule has 0 unspecified atom stereocenters. The summed E-state index contributed by atoms with van der Waals surface area (Å²) in [5, 5.41) is 0. The van der Waals surface area contributed by atoms with Crippen molar-refractivity contribution in [2.24, 2.45) is 0 Å². The van der Waals surface area contributed by atoms with Crippen LogP contribution in [-0.4, -0.2) is 27.4 Å². The second kappa shape index (κ2) is 7.85. The van der Waals surface area contributed by atoms with E-state index in [4.69, 9.17) is 9.47 Å². The Morgan fingerprint density at radius 1 is 0.812 bits per heavy atom. The van der Waals surface area contributed by atoms with Gasteiger partial charge in [0.2, 0.25) is 0 Å². The van der Waals surface area contributed by atoms with E-state index in [1.165, 1.54) is 11.1 Å². The molecule has 0 bridgehead atoms. The third-order valence-electron chi connectivity index (χ3n) is 2.08. The molecule has 1 aromatic rings. The van der Waals surface area contributed by atoms with Crippen molar-refractivity contribution in [2.75, 3.05) is 27.4 Å². The molecule has 86 valence electrons. The van der Waals surface area contributed by atoms with Crippen molar-refractivity contribution in [3.05, 3.63) is 47.5 Å². The summed E-state index contributed by atoms with van der Waals surface area (Å²) >= 11 is 0. The molecule has 0 N–H and O–H groups in total. The lowest BCUT2D eigenvalue weighted by Crippen LogP contribution is -1.82. The van der Waals surface area contributed by atoms with Crippen LogP contribution >= 0.6 is 0 Å². The third kappa shape index (κ3) is 4.91. The molecule has 0 fully saturated rings. The Labute approximate surface area is 97.2 Å². The molecule has 0 aromatic heterocycles. The predicted molar refractivity (Wildman–Crippen MR) is 68.3 cm³/mol. The van der Waals surface area contributed by atoms with Crippen LogP contribution in [0.4, 0.5) is 0 Å². The SMILES string of the molecule is COC/C=C/c1ccc(/C=C/COC)cc1. The fraction of sp³-hybridized carbons (Fsp3) is 0.286. The average molecular weight is 218 g/mol. The van der Waals surface area contributed by atoms with Gasteiger partial charge in [-0.05, 0) is 11.1 Å². The minimum Gasteiger partial charge on any atom is -0.381 e. The maximum absolute atomic E-state index is 4.94. The molecule has 0 saturated carbocycles. The van der Waals surface area contributed by atoms with Crippen LogP contribution in [0.1, 0.15) is 11.1 Å². The standard InChI is InChI=1S/C14H18O2/c1-15-11-3-5-13-7-9-14(10-8-13)6-4-12-16-2/h3-10H,11-12H2,1-2H3/b5-3+,6-4+. The number of hydrogen-bond acceptors (Lipinski definition) is 2. The molecule has 0 saturated heterocycles. The minimum absolute atomic E-state index is 0.648. The fourth-order valence-corrected chi connectivity index (χ4v) is 1.28. The molecule has 0 spiro atoms. The second-order valence-electron chi connectivity index (χ2n) is 3.38. The van der Waals surface area contributed by atoms with Gasteiger partial charge in [-0.25, -0.2) is 0 Å². The van der Waals surface area contributed by atoms with E-state index in [9.17, 15) is 0 Å². The molecular weight excluding hydrogens is 200 g/mol. The van der Waals surface area contributed by atoms with Gasteiger partial charge < -0.3 is 9.47 Å². The lowest BCUT2D eigenvalue weighted by atomic mass is 10.1. The van der Waals surface area contributed by atoms with Gasteiger partial charge in [-0.3, -0.25) is 0 Å². The van der Waals surface area contributed by atoms with E-state index in [0.29, 0.717) is 13.2 Å². The van der Waals surface area contributed by atoms with Gasteiger partial charge in [0.05, 0.1) is 13.2 Å². The number of hydrogen-bond donors (Lipinski definition) is 0. The summed E-state index contributed by atoms with van der Waals surface area (Å²) < 4.78 is 9.88. The first-order valence-corrected chi connectivity index (χ1v) is 5.28. The summed E-state index contributed by atoms with van der Waals surface area (Å²) in [5.74, 6) is 0. The lowest BCUT2D eigenvalue weighted by molar-refractivity contribution is 0.234. The van der Waals surface area contributed by atoms with Crippen LogP contribution in [0.2, 0.25) is 0 Å². The molecule has 0 aliphatic heterocycles. The van der Waals surface area contributed by atoms with Gasteiger partial charge in [-0.15, -0.1) is 0 Å². The van der Waals surface area contributed by atoms with Gasteiger partial charge >= 0.3 is 0 Å². The van der Waals surface area contributed by atoms with E-state index >= 15 is 0 Å². The van der Waals surface area contributed by atoms with Gasteiger partial charge in [0.15, 0.2) is 0 Å². The molecule has 0 heterocycles. The van der Waals surface area contributed by atoms with E-state index in [1.54, 1.807) is 14.2 Å². The van der Waals surface area contributed by atoms with Crippen LogP contribution in [0.5, 0.6) is 0 Å². The Kier molecular flexibility index (Phi) is 6.23.